The highest BCUT2D eigenvalue weighted by Gasteiger charge is 2.22. The number of nitrogens with one attached hydrogen (secondary N) is 2. The first-order valence-electron chi connectivity index (χ1n) is 7.48. The normalized spacial score (nSPS) is 18.3. The molecule has 4 nitrogen and oxygen atoms in total. The maximum Gasteiger partial charge on any atom is 0.221 e. The number of carbonyl (C=O) groups is 1. The van der Waals surface area contributed by atoms with Gasteiger partial charge in [0.25, 0.3) is 0 Å². The molecule has 21 heavy (non-hydrogen) atoms. The number of hydrogen-bond acceptors (Lipinski definition) is 3. The highest BCUT2D eigenvalue weighted by molar-refractivity contribution is 6.33. The van der Waals surface area contributed by atoms with Crippen molar-refractivity contribution >= 4 is 28.9 Å². The van der Waals surface area contributed by atoms with Gasteiger partial charge in [-0.25, -0.2) is 0 Å². The quantitative estimate of drug-likeness (QED) is 0.895. The Labute approximate surface area is 131 Å². The SMILES string of the molecule is CC(=O)Nc1ccc(N[C@@H](C)C2CCN(C)CC2)c(Cl)c1. The molecule has 2 rings (SSSR count). The highest BCUT2D eigenvalue weighted by atomic mass is 35.5. The van der Waals surface area contributed by atoms with Crippen molar-refractivity contribution in [2.24, 2.45) is 5.92 Å². The maximum absolute atomic E-state index is 11.0. The molecule has 1 heterocycles. The van der Waals surface area contributed by atoms with Crippen molar-refractivity contribution in [1.82, 2.24) is 4.90 Å². The molecular formula is C16H24ClN3O. The van der Waals surface area contributed by atoms with Crippen LogP contribution < -0.4 is 10.6 Å². The van der Waals surface area contributed by atoms with Crippen LogP contribution in [0.5, 0.6) is 0 Å². The summed E-state index contributed by atoms with van der Waals surface area (Å²) in [6.45, 7) is 6.02. The van der Waals surface area contributed by atoms with Gasteiger partial charge in [-0.15, -0.1) is 0 Å². The lowest BCUT2D eigenvalue weighted by Crippen LogP contribution is -2.37. The summed E-state index contributed by atoms with van der Waals surface area (Å²) in [5, 5.41) is 6.89. The first-order chi connectivity index (χ1) is 9.95. The molecular weight excluding hydrogens is 286 g/mol. The van der Waals surface area contributed by atoms with E-state index in [9.17, 15) is 4.79 Å². The van der Waals surface area contributed by atoms with E-state index in [1.165, 1.54) is 19.8 Å². The van der Waals surface area contributed by atoms with Crippen molar-refractivity contribution in [2.45, 2.75) is 32.7 Å². The Morgan fingerprint density at radius 3 is 2.62 bits per heavy atom. The number of piperidine rings is 1. The van der Waals surface area contributed by atoms with Crippen molar-refractivity contribution in [3.63, 3.8) is 0 Å². The molecule has 1 aromatic rings. The molecule has 1 amide bonds. The van der Waals surface area contributed by atoms with E-state index < -0.39 is 0 Å². The Morgan fingerprint density at radius 2 is 2.05 bits per heavy atom. The number of rotatable bonds is 4. The van der Waals surface area contributed by atoms with Gasteiger partial charge in [-0.1, -0.05) is 11.6 Å². The summed E-state index contributed by atoms with van der Waals surface area (Å²) in [7, 11) is 2.17. The van der Waals surface area contributed by atoms with Crippen LogP contribution in [-0.2, 0) is 4.79 Å². The Balaban J connectivity index is 1.97. The van der Waals surface area contributed by atoms with Gasteiger partial charge in [0, 0.05) is 18.7 Å². The topological polar surface area (TPSA) is 44.4 Å². The van der Waals surface area contributed by atoms with Crippen LogP contribution in [0.4, 0.5) is 11.4 Å². The molecule has 0 bridgehead atoms. The van der Waals surface area contributed by atoms with E-state index in [2.05, 4.69) is 29.5 Å². The fourth-order valence-electron chi connectivity index (χ4n) is 2.80. The number of benzene rings is 1. The predicted molar refractivity (Wildman–Crippen MR) is 89.1 cm³/mol. The smallest absolute Gasteiger partial charge is 0.221 e. The lowest BCUT2D eigenvalue weighted by Gasteiger charge is -2.33. The molecule has 0 spiro atoms. The monoisotopic (exact) mass is 309 g/mol. The third kappa shape index (κ3) is 4.61. The van der Waals surface area contributed by atoms with Gasteiger partial charge in [0.2, 0.25) is 5.91 Å². The molecule has 2 N–H and O–H groups in total. The average molecular weight is 310 g/mol. The Morgan fingerprint density at radius 1 is 1.38 bits per heavy atom. The van der Waals surface area contributed by atoms with Crippen molar-refractivity contribution in [2.75, 3.05) is 30.8 Å². The molecule has 0 aromatic heterocycles. The minimum atomic E-state index is -0.0912. The Kier molecular flexibility index (Phi) is 5.48. The van der Waals surface area contributed by atoms with E-state index in [0.717, 1.165) is 24.5 Å². The number of anilines is 2. The molecule has 1 aliphatic heterocycles. The molecule has 1 atom stereocenters. The second-order valence-electron chi connectivity index (χ2n) is 5.95. The van der Waals surface area contributed by atoms with Crippen LogP contribution in [-0.4, -0.2) is 37.0 Å². The van der Waals surface area contributed by atoms with Gasteiger partial charge in [-0.3, -0.25) is 4.79 Å². The van der Waals surface area contributed by atoms with Crippen LogP contribution in [0.3, 0.4) is 0 Å². The molecule has 1 aromatic carbocycles. The molecule has 0 saturated carbocycles. The van der Waals surface area contributed by atoms with E-state index in [1.54, 1.807) is 6.07 Å². The van der Waals surface area contributed by atoms with E-state index in [-0.39, 0.29) is 5.91 Å². The molecule has 1 saturated heterocycles. The minimum Gasteiger partial charge on any atom is -0.381 e. The predicted octanol–water partition coefficient (Wildman–Crippen LogP) is 3.44. The third-order valence-electron chi connectivity index (χ3n) is 4.14. The summed E-state index contributed by atoms with van der Waals surface area (Å²) in [6, 6.07) is 5.98. The molecule has 0 radical (unpaired) electrons. The molecule has 1 fully saturated rings. The largest absolute Gasteiger partial charge is 0.381 e. The van der Waals surface area contributed by atoms with Crippen LogP contribution in [0.2, 0.25) is 5.02 Å². The van der Waals surface area contributed by atoms with Crippen LogP contribution in [0.1, 0.15) is 26.7 Å². The zero-order valence-corrected chi connectivity index (χ0v) is 13.7. The van der Waals surface area contributed by atoms with Crippen LogP contribution >= 0.6 is 11.6 Å². The van der Waals surface area contributed by atoms with E-state index >= 15 is 0 Å². The zero-order chi connectivity index (χ0) is 15.4. The number of nitrogens with zero attached hydrogens (tertiary/aromatic N) is 1. The Bertz CT molecular complexity index is 498. The Hall–Kier alpha value is -1.26. The molecule has 0 unspecified atom stereocenters. The first kappa shape index (κ1) is 16.1. The molecule has 5 heteroatoms. The van der Waals surface area contributed by atoms with Crippen molar-refractivity contribution < 1.29 is 4.79 Å². The van der Waals surface area contributed by atoms with Crippen molar-refractivity contribution in [1.29, 1.82) is 0 Å². The highest BCUT2D eigenvalue weighted by Crippen LogP contribution is 2.29. The van der Waals surface area contributed by atoms with E-state index in [1.807, 2.05) is 12.1 Å². The average Bonchev–Trinajstić information content (AvgIpc) is 2.42. The second kappa shape index (κ2) is 7.14. The fraction of sp³-hybridized carbons (Fsp3) is 0.562. The van der Waals surface area contributed by atoms with Gasteiger partial charge in [0.05, 0.1) is 10.7 Å². The molecule has 116 valence electrons. The minimum absolute atomic E-state index is 0.0912. The summed E-state index contributed by atoms with van der Waals surface area (Å²) in [6.07, 6.45) is 2.43. The van der Waals surface area contributed by atoms with Crippen molar-refractivity contribution in [3.8, 4) is 0 Å². The number of halogens is 1. The summed E-state index contributed by atoms with van der Waals surface area (Å²) >= 11 is 6.30. The van der Waals surface area contributed by atoms with Crippen molar-refractivity contribution in [3.05, 3.63) is 23.2 Å². The maximum atomic E-state index is 11.0. The second-order valence-corrected chi connectivity index (χ2v) is 6.36. The third-order valence-corrected chi connectivity index (χ3v) is 4.46. The molecule has 1 aliphatic rings. The van der Waals surface area contributed by atoms with Gasteiger partial charge >= 0.3 is 0 Å². The van der Waals surface area contributed by atoms with Gasteiger partial charge in [-0.05, 0) is 64.0 Å². The lowest BCUT2D eigenvalue weighted by molar-refractivity contribution is -0.114. The standard InChI is InChI=1S/C16H24ClN3O/c1-11(13-6-8-20(3)9-7-13)18-16-5-4-14(10-15(16)17)19-12(2)21/h4-5,10-11,13,18H,6-9H2,1-3H3,(H,19,21)/t11-/m0/s1. The number of likely N-dealkylation sites (tertiary alicyclic amines) is 1. The van der Waals surface area contributed by atoms with Crippen LogP contribution in [0, 0.1) is 5.92 Å². The fourth-order valence-corrected chi connectivity index (χ4v) is 3.04. The summed E-state index contributed by atoms with van der Waals surface area (Å²) in [5.74, 6) is 0.582. The number of hydrogen-bond donors (Lipinski definition) is 2. The lowest BCUT2D eigenvalue weighted by atomic mass is 9.90. The molecule has 0 aliphatic carbocycles. The summed E-state index contributed by atoms with van der Waals surface area (Å²) in [5.41, 5.74) is 1.65. The van der Waals surface area contributed by atoms with Crippen LogP contribution in [0.25, 0.3) is 0 Å². The van der Waals surface area contributed by atoms with Gasteiger partial charge in [-0.2, -0.15) is 0 Å². The van der Waals surface area contributed by atoms with Gasteiger partial charge in [0.15, 0.2) is 0 Å². The summed E-state index contributed by atoms with van der Waals surface area (Å²) in [4.78, 5) is 13.4. The summed E-state index contributed by atoms with van der Waals surface area (Å²) < 4.78 is 0. The van der Waals surface area contributed by atoms with Gasteiger partial charge in [0.1, 0.15) is 0 Å². The van der Waals surface area contributed by atoms with E-state index in [0.29, 0.717) is 17.0 Å². The van der Waals surface area contributed by atoms with E-state index in [4.69, 9.17) is 11.6 Å². The number of amides is 1. The zero-order valence-electron chi connectivity index (χ0n) is 12.9. The number of carbonyl (C=O) groups excluding carboxylic acids is 1. The first-order valence-corrected chi connectivity index (χ1v) is 7.85. The van der Waals surface area contributed by atoms with Crippen LogP contribution in [0.15, 0.2) is 18.2 Å². The van der Waals surface area contributed by atoms with Gasteiger partial charge < -0.3 is 15.5 Å².